The summed E-state index contributed by atoms with van der Waals surface area (Å²) in [5.74, 6) is 1.06. The molecule has 0 aromatic rings. The van der Waals surface area contributed by atoms with E-state index in [1.54, 1.807) is 0 Å². The zero-order valence-corrected chi connectivity index (χ0v) is 9.10. The molecule has 1 atom stereocenters. The third kappa shape index (κ3) is 2.07. The van der Waals surface area contributed by atoms with E-state index in [1.165, 1.54) is 44.9 Å². The molecule has 0 aromatic carbocycles. The van der Waals surface area contributed by atoms with E-state index < -0.39 is 0 Å². The summed E-state index contributed by atoms with van der Waals surface area (Å²) in [6.45, 7) is 2.49. The molecule has 0 bridgehead atoms. The summed E-state index contributed by atoms with van der Waals surface area (Å²) in [7, 11) is 2.15. The minimum Gasteiger partial charge on any atom is -0.316 e. The molecule has 2 aliphatic carbocycles. The molecule has 0 spiro atoms. The van der Waals surface area contributed by atoms with Crippen molar-refractivity contribution >= 4 is 0 Å². The van der Waals surface area contributed by atoms with Crippen LogP contribution in [0.25, 0.3) is 0 Å². The molecule has 1 unspecified atom stereocenters. The molecule has 2 fully saturated rings. The Hall–Kier alpha value is -0.0400. The summed E-state index contributed by atoms with van der Waals surface area (Å²) in [5, 5.41) is 3.56. The van der Waals surface area contributed by atoms with Gasteiger partial charge in [0.1, 0.15) is 0 Å². The van der Waals surface area contributed by atoms with Crippen molar-refractivity contribution in [2.24, 2.45) is 11.3 Å². The summed E-state index contributed by atoms with van der Waals surface area (Å²) >= 11 is 0. The second kappa shape index (κ2) is 3.61. The Morgan fingerprint density at radius 2 is 1.92 bits per heavy atom. The third-order valence-electron chi connectivity index (χ3n) is 4.20. The average Bonchev–Trinajstić information content (AvgIpc) is 2.84. The quantitative estimate of drug-likeness (QED) is 0.703. The van der Waals surface area contributed by atoms with Crippen molar-refractivity contribution in [1.29, 1.82) is 0 Å². The Morgan fingerprint density at radius 3 is 2.38 bits per heavy atom. The Balaban J connectivity index is 1.92. The van der Waals surface area contributed by atoms with Gasteiger partial charge in [0.25, 0.3) is 0 Å². The van der Waals surface area contributed by atoms with Gasteiger partial charge in [-0.1, -0.05) is 32.6 Å². The fourth-order valence-corrected chi connectivity index (χ4v) is 2.97. The summed E-state index contributed by atoms with van der Waals surface area (Å²) in [5.41, 5.74) is 0.622. The number of hydrogen-bond donors (Lipinski definition) is 1. The van der Waals surface area contributed by atoms with Crippen LogP contribution in [0.1, 0.15) is 51.9 Å². The van der Waals surface area contributed by atoms with Gasteiger partial charge in [-0.15, -0.1) is 0 Å². The minimum atomic E-state index is 0.622. The summed E-state index contributed by atoms with van der Waals surface area (Å²) < 4.78 is 0. The molecule has 0 aromatic heterocycles. The van der Waals surface area contributed by atoms with Crippen LogP contribution in [0.5, 0.6) is 0 Å². The van der Waals surface area contributed by atoms with Crippen molar-refractivity contribution in [2.75, 3.05) is 7.05 Å². The van der Waals surface area contributed by atoms with Gasteiger partial charge in [0.15, 0.2) is 0 Å². The standard InChI is InChI=1S/C12H23N/c1-12(7-3-4-8-12)11(13-2)9-10-5-6-10/h10-11,13H,3-9H2,1-2H3. The smallest absolute Gasteiger partial charge is 0.0120 e. The van der Waals surface area contributed by atoms with Crippen LogP contribution in [0.15, 0.2) is 0 Å². The fraction of sp³-hybridized carbons (Fsp3) is 1.00. The van der Waals surface area contributed by atoms with Crippen LogP contribution in [0, 0.1) is 11.3 Å². The predicted molar refractivity (Wildman–Crippen MR) is 56.8 cm³/mol. The zero-order valence-electron chi connectivity index (χ0n) is 9.10. The maximum Gasteiger partial charge on any atom is 0.0120 e. The maximum atomic E-state index is 3.56. The third-order valence-corrected chi connectivity index (χ3v) is 4.20. The molecule has 2 aliphatic rings. The lowest BCUT2D eigenvalue weighted by atomic mass is 9.78. The van der Waals surface area contributed by atoms with Crippen LogP contribution < -0.4 is 5.32 Å². The van der Waals surface area contributed by atoms with Gasteiger partial charge in [0, 0.05) is 6.04 Å². The lowest BCUT2D eigenvalue weighted by Crippen LogP contribution is -2.40. The van der Waals surface area contributed by atoms with Gasteiger partial charge < -0.3 is 5.32 Å². The summed E-state index contributed by atoms with van der Waals surface area (Å²) in [6.07, 6.45) is 10.2. The first-order valence-electron chi connectivity index (χ1n) is 5.92. The highest BCUT2D eigenvalue weighted by molar-refractivity contribution is 4.93. The second-order valence-corrected chi connectivity index (χ2v) is 5.38. The van der Waals surface area contributed by atoms with Crippen molar-refractivity contribution in [3.63, 3.8) is 0 Å². The van der Waals surface area contributed by atoms with Crippen LogP contribution in [0.2, 0.25) is 0 Å². The van der Waals surface area contributed by atoms with E-state index in [2.05, 4.69) is 19.3 Å². The second-order valence-electron chi connectivity index (χ2n) is 5.38. The van der Waals surface area contributed by atoms with E-state index in [1.807, 2.05) is 0 Å². The number of hydrogen-bond acceptors (Lipinski definition) is 1. The molecule has 1 N–H and O–H groups in total. The van der Waals surface area contributed by atoms with Crippen molar-refractivity contribution in [3.8, 4) is 0 Å². The highest BCUT2D eigenvalue weighted by Gasteiger charge is 2.38. The monoisotopic (exact) mass is 181 g/mol. The van der Waals surface area contributed by atoms with Crippen molar-refractivity contribution in [1.82, 2.24) is 5.32 Å². The Morgan fingerprint density at radius 1 is 1.31 bits per heavy atom. The van der Waals surface area contributed by atoms with Crippen LogP contribution >= 0.6 is 0 Å². The van der Waals surface area contributed by atoms with Gasteiger partial charge in [-0.05, 0) is 37.6 Å². The number of rotatable bonds is 4. The topological polar surface area (TPSA) is 12.0 Å². The molecule has 13 heavy (non-hydrogen) atoms. The van der Waals surface area contributed by atoms with Gasteiger partial charge in [-0.3, -0.25) is 0 Å². The van der Waals surface area contributed by atoms with E-state index in [0.29, 0.717) is 5.41 Å². The van der Waals surface area contributed by atoms with E-state index in [0.717, 1.165) is 12.0 Å². The molecule has 2 rings (SSSR count). The summed E-state index contributed by atoms with van der Waals surface area (Å²) in [4.78, 5) is 0. The van der Waals surface area contributed by atoms with Crippen LogP contribution in [0.4, 0.5) is 0 Å². The first kappa shape index (κ1) is 9.51. The largest absolute Gasteiger partial charge is 0.316 e. The van der Waals surface area contributed by atoms with Gasteiger partial charge in [-0.25, -0.2) is 0 Å². The molecule has 0 saturated heterocycles. The van der Waals surface area contributed by atoms with E-state index >= 15 is 0 Å². The molecule has 1 nitrogen and oxygen atoms in total. The molecule has 0 amide bonds. The first-order valence-corrected chi connectivity index (χ1v) is 5.92. The van der Waals surface area contributed by atoms with Crippen LogP contribution in [0.3, 0.4) is 0 Å². The van der Waals surface area contributed by atoms with Crippen LogP contribution in [-0.2, 0) is 0 Å². The molecule has 0 radical (unpaired) electrons. The van der Waals surface area contributed by atoms with Crippen molar-refractivity contribution in [3.05, 3.63) is 0 Å². The van der Waals surface area contributed by atoms with Gasteiger partial charge >= 0.3 is 0 Å². The van der Waals surface area contributed by atoms with Gasteiger partial charge in [-0.2, -0.15) is 0 Å². The first-order chi connectivity index (χ1) is 6.24. The fourth-order valence-electron chi connectivity index (χ4n) is 2.97. The van der Waals surface area contributed by atoms with E-state index in [9.17, 15) is 0 Å². The van der Waals surface area contributed by atoms with Crippen molar-refractivity contribution < 1.29 is 0 Å². The highest BCUT2D eigenvalue weighted by atomic mass is 14.9. The molecule has 1 heteroatoms. The molecule has 0 aliphatic heterocycles. The molecular weight excluding hydrogens is 158 g/mol. The average molecular weight is 181 g/mol. The van der Waals surface area contributed by atoms with Crippen LogP contribution in [-0.4, -0.2) is 13.1 Å². The number of nitrogens with one attached hydrogen (secondary N) is 1. The Kier molecular flexibility index (Phi) is 2.64. The lowest BCUT2D eigenvalue weighted by molar-refractivity contribution is 0.213. The molecule has 76 valence electrons. The van der Waals surface area contributed by atoms with Gasteiger partial charge in [0.05, 0.1) is 0 Å². The molecule has 2 saturated carbocycles. The zero-order chi connectivity index (χ0) is 9.31. The molecule has 0 heterocycles. The minimum absolute atomic E-state index is 0.622. The maximum absolute atomic E-state index is 3.56. The van der Waals surface area contributed by atoms with Crippen molar-refractivity contribution in [2.45, 2.75) is 57.9 Å². The Labute approximate surface area is 82.3 Å². The SMILES string of the molecule is CNC(CC1CC1)C1(C)CCCC1. The Bertz CT molecular complexity index is 166. The normalized spacial score (nSPS) is 29.1. The molecular formula is C12H23N. The predicted octanol–water partition coefficient (Wildman–Crippen LogP) is 2.95. The van der Waals surface area contributed by atoms with E-state index in [-0.39, 0.29) is 0 Å². The van der Waals surface area contributed by atoms with Gasteiger partial charge in [0.2, 0.25) is 0 Å². The summed E-state index contributed by atoms with van der Waals surface area (Å²) in [6, 6.07) is 0.794. The highest BCUT2D eigenvalue weighted by Crippen LogP contribution is 2.45. The lowest BCUT2D eigenvalue weighted by Gasteiger charge is -2.34. The van der Waals surface area contributed by atoms with E-state index in [4.69, 9.17) is 0 Å².